The molecule has 3 heteroatoms. The van der Waals surface area contributed by atoms with E-state index in [2.05, 4.69) is 29.6 Å². The van der Waals surface area contributed by atoms with Gasteiger partial charge in [0.25, 0.3) is 0 Å². The van der Waals surface area contributed by atoms with Crippen LogP contribution in [0.2, 0.25) is 0 Å². The number of nitrogens with one attached hydrogen (secondary N) is 1. The van der Waals surface area contributed by atoms with Crippen molar-refractivity contribution in [3.8, 4) is 0 Å². The van der Waals surface area contributed by atoms with Crippen LogP contribution < -0.4 is 5.32 Å². The molecule has 1 aliphatic carbocycles. The molecule has 22 heavy (non-hydrogen) atoms. The van der Waals surface area contributed by atoms with Crippen molar-refractivity contribution >= 4 is 11.6 Å². The van der Waals surface area contributed by atoms with Gasteiger partial charge in [0.05, 0.1) is 0 Å². The van der Waals surface area contributed by atoms with Gasteiger partial charge in [-0.15, -0.1) is 0 Å². The van der Waals surface area contributed by atoms with Crippen molar-refractivity contribution in [3.63, 3.8) is 0 Å². The van der Waals surface area contributed by atoms with Gasteiger partial charge in [0, 0.05) is 12.1 Å². The van der Waals surface area contributed by atoms with Crippen LogP contribution in [0.4, 0.5) is 10.1 Å². The molecule has 114 valence electrons. The van der Waals surface area contributed by atoms with Crippen LogP contribution in [-0.4, -0.2) is 5.91 Å². The zero-order valence-corrected chi connectivity index (χ0v) is 12.5. The number of carbonyl (C=O) groups is 1. The second kappa shape index (κ2) is 6.73. The molecule has 0 unspecified atom stereocenters. The molecule has 2 aromatic rings. The number of halogens is 1. The minimum absolute atomic E-state index is 0.0188. The minimum Gasteiger partial charge on any atom is -0.326 e. The van der Waals surface area contributed by atoms with Crippen molar-refractivity contribution in [3.05, 3.63) is 66.0 Å². The summed E-state index contributed by atoms with van der Waals surface area (Å²) < 4.78 is 12.8. The summed E-state index contributed by atoms with van der Waals surface area (Å²) in [7, 11) is 0. The van der Waals surface area contributed by atoms with Crippen LogP contribution in [0.5, 0.6) is 0 Å². The lowest BCUT2D eigenvalue weighted by Gasteiger charge is -2.12. The summed E-state index contributed by atoms with van der Waals surface area (Å²) in [6.45, 7) is 0. The highest BCUT2D eigenvalue weighted by Gasteiger charge is 2.27. The number of benzene rings is 2. The summed E-state index contributed by atoms with van der Waals surface area (Å²) in [6.07, 6.45) is 3.86. The molecule has 2 nitrogen and oxygen atoms in total. The van der Waals surface area contributed by atoms with Crippen LogP contribution in [0.1, 0.15) is 37.2 Å². The second-order valence-electron chi connectivity index (χ2n) is 6.05. The van der Waals surface area contributed by atoms with Gasteiger partial charge in [-0.05, 0) is 60.9 Å². The summed E-state index contributed by atoms with van der Waals surface area (Å²) in [4.78, 5) is 12.1. The van der Waals surface area contributed by atoms with Gasteiger partial charge in [-0.2, -0.15) is 0 Å². The molecule has 3 rings (SSSR count). The Morgan fingerprint density at radius 1 is 1.05 bits per heavy atom. The standard InChI is InChI=1S/C19H20FNO/c20-17-8-10-18(11-9-17)21-19(22)13-14-6-7-16(12-14)15-4-2-1-3-5-15/h1-5,8-11,14,16H,6-7,12-13H2,(H,21,22)/t14-,16-/m0/s1. The summed E-state index contributed by atoms with van der Waals surface area (Å²) in [6, 6.07) is 16.4. The third kappa shape index (κ3) is 3.73. The molecule has 0 spiro atoms. The molecular weight excluding hydrogens is 277 g/mol. The summed E-state index contributed by atoms with van der Waals surface area (Å²) in [5.74, 6) is 0.736. The van der Waals surface area contributed by atoms with Crippen molar-refractivity contribution in [2.45, 2.75) is 31.6 Å². The molecule has 0 bridgehead atoms. The Labute approximate surface area is 130 Å². The van der Waals surface area contributed by atoms with Crippen molar-refractivity contribution in [2.24, 2.45) is 5.92 Å². The SMILES string of the molecule is O=C(C[C@H]1CC[C@H](c2ccccc2)C1)Nc1ccc(F)cc1. The predicted molar refractivity (Wildman–Crippen MR) is 86.2 cm³/mol. The number of carbonyl (C=O) groups excluding carboxylic acids is 1. The minimum atomic E-state index is -0.292. The molecule has 1 saturated carbocycles. The smallest absolute Gasteiger partial charge is 0.224 e. The van der Waals surface area contributed by atoms with Crippen molar-refractivity contribution < 1.29 is 9.18 Å². The molecule has 0 aromatic heterocycles. The average molecular weight is 297 g/mol. The molecule has 2 aromatic carbocycles. The number of amides is 1. The van der Waals surface area contributed by atoms with Gasteiger partial charge in [0.2, 0.25) is 5.91 Å². The first-order valence-electron chi connectivity index (χ1n) is 7.81. The summed E-state index contributed by atoms with van der Waals surface area (Å²) in [5, 5.41) is 2.85. The van der Waals surface area contributed by atoms with E-state index in [1.807, 2.05) is 6.07 Å². The maximum absolute atomic E-state index is 12.8. The lowest BCUT2D eigenvalue weighted by atomic mass is 9.95. The first-order chi connectivity index (χ1) is 10.7. The van der Waals surface area contributed by atoms with E-state index in [0.29, 0.717) is 23.9 Å². The molecule has 0 radical (unpaired) electrons. The molecule has 0 aliphatic heterocycles. The van der Waals surface area contributed by atoms with E-state index in [9.17, 15) is 9.18 Å². The van der Waals surface area contributed by atoms with Crippen LogP contribution in [0.15, 0.2) is 54.6 Å². The average Bonchev–Trinajstić information content (AvgIpc) is 2.99. The van der Waals surface area contributed by atoms with E-state index < -0.39 is 0 Å². The van der Waals surface area contributed by atoms with Gasteiger partial charge in [-0.25, -0.2) is 4.39 Å². The fourth-order valence-electron chi connectivity index (χ4n) is 3.30. The molecule has 0 saturated heterocycles. The fourth-order valence-corrected chi connectivity index (χ4v) is 3.30. The van der Waals surface area contributed by atoms with Crippen LogP contribution in [-0.2, 0) is 4.79 Å². The van der Waals surface area contributed by atoms with Gasteiger partial charge in [-0.3, -0.25) is 4.79 Å². The van der Waals surface area contributed by atoms with E-state index in [0.717, 1.165) is 19.3 Å². The Kier molecular flexibility index (Phi) is 4.52. The van der Waals surface area contributed by atoms with Crippen molar-refractivity contribution in [1.29, 1.82) is 0 Å². The Bertz CT molecular complexity index is 624. The third-order valence-corrected chi connectivity index (χ3v) is 4.41. The zero-order chi connectivity index (χ0) is 15.4. The van der Waals surface area contributed by atoms with Crippen LogP contribution in [0, 0.1) is 11.7 Å². The largest absolute Gasteiger partial charge is 0.326 e. The van der Waals surface area contributed by atoms with Gasteiger partial charge < -0.3 is 5.32 Å². The van der Waals surface area contributed by atoms with Crippen molar-refractivity contribution in [2.75, 3.05) is 5.32 Å². The Balaban J connectivity index is 1.51. The fraction of sp³-hybridized carbons (Fsp3) is 0.316. The van der Waals surface area contributed by atoms with Gasteiger partial charge in [0.15, 0.2) is 0 Å². The number of hydrogen-bond donors (Lipinski definition) is 1. The number of rotatable bonds is 4. The molecule has 1 N–H and O–H groups in total. The molecule has 1 aliphatic rings. The maximum atomic E-state index is 12.8. The lowest BCUT2D eigenvalue weighted by molar-refractivity contribution is -0.117. The zero-order valence-electron chi connectivity index (χ0n) is 12.5. The third-order valence-electron chi connectivity index (χ3n) is 4.41. The highest BCUT2D eigenvalue weighted by Crippen LogP contribution is 2.39. The van der Waals surface area contributed by atoms with Gasteiger partial charge in [-0.1, -0.05) is 30.3 Å². The maximum Gasteiger partial charge on any atom is 0.224 e. The van der Waals surface area contributed by atoms with Crippen LogP contribution in [0.3, 0.4) is 0 Å². The van der Waals surface area contributed by atoms with E-state index in [-0.39, 0.29) is 11.7 Å². The normalized spacial score (nSPS) is 20.8. The first kappa shape index (κ1) is 14.8. The van der Waals surface area contributed by atoms with Crippen LogP contribution >= 0.6 is 0 Å². The van der Waals surface area contributed by atoms with Crippen molar-refractivity contribution in [1.82, 2.24) is 0 Å². The van der Waals surface area contributed by atoms with Gasteiger partial charge >= 0.3 is 0 Å². The van der Waals surface area contributed by atoms with E-state index in [1.54, 1.807) is 12.1 Å². The Hall–Kier alpha value is -2.16. The summed E-state index contributed by atoms with van der Waals surface area (Å²) >= 11 is 0. The predicted octanol–water partition coefficient (Wildman–Crippen LogP) is 4.74. The molecule has 2 atom stereocenters. The Morgan fingerprint density at radius 3 is 2.50 bits per heavy atom. The lowest BCUT2D eigenvalue weighted by Crippen LogP contribution is -2.15. The molecule has 1 amide bonds. The second-order valence-corrected chi connectivity index (χ2v) is 6.05. The van der Waals surface area contributed by atoms with E-state index >= 15 is 0 Å². The molecule has 1 fully saturated rings. The van der Waals surface area contributed by atoms with Gasteiger partial charge in [0.1, 0.15) is 5.82 Å². The van der Waals surface area contributed by atoms with Crippen LogP contribution in [0.25, 0.3) is 0 Å². The topological polar surface area (TPSA) is 29.1 Å². The van der Waals surface area contributed by atoms with E-state index in [1.165, 1.54) is 17.7 Å². The quantitative estimate of drug-likeness (QED) is 0.867. The Morgan fingerprint density at radius 2 is 1.77 bits per heavy atom. The highest BCUT2D eigenvalue weighted by molar-refractivity contribution is 5.90. The monoisotopic (exact) mass is 297 g/mol. The molecule has 0 heterocycles. The summed E-state index contributed by atoms with van der Waals surface area (Å²) in [5.41, 5.74) is 2.04. The highest BCUT2D eigenvalue weighted by atomic mass is 19.1. The number of anilines is 1. The van der Waals surface area contributed by atoms with E-state index in [4.69, 9.17) is 0 Å². The number of hydrogen-bond acceptors (Lipinski definition) is 1. The molecular formula is C19H20FNO. The first-order valence-corrected chi connectivity index (χ1v) is 7.81.